The molecule has 0 saturated carbocycles. The third-order valence-corrected chi connectivity index (χ3v) is 3.98. The number of halogens is 1. The van der Waals surface area contributed by atoms with Crippen LogP contribution in [0.25, 0.3) is 11.0 Å². The van der Waals surface area contributed by atoms with Gasteiger partial charge in [0.2, 0.25) is 0 Å². The summed E-state index contributed by atoms with van der Waals surface area (Å²) in [4.78, 5) is 8.03. The monoisotopic (exact) mass is 344 g/mol. The predicted molar refractivity (Wildman–Crippen MR) is 72.6 cm³/mol. The summed E-state index contributed by atoms with van der Waals surface area (Å²) < 4.78 is 7.69. The quantitative estimate of drug-likeness (QED) is 0.572. The van der Waals surface area contributed by atoms with Crippen LogP contribution in [-0.2, 0) is 4.74 Å². The van der Waals surface area contributed by atoms with Gasteiger partial charge in [0.05, 0.1) is 12.0 Å². The van der Waals surface area contributed by atoms with Crippen LogP contribution in [0.5, 0.6) is 0 Å². The molecule has 2 aromatic heterocycles. The van der Waals surface area contributed by atoms with Crippen LogP contribution in [0.1, 0.15) is 6.23 Å². The lowest BCUT2D eigenvalue weighted by Crippen LogP contribution is -2.33. The molecule has 8 nitrogen and oxygen atoms in total. The van der Waals surface area contributed by atoms with E-state index in [9.17, 15) is 10.2 Å². The summed E-state index contributed by atoms with van der Waals surface area (Å²) in [6.45, 7) is -0.383. The molecule has 1 aliphatic rings. The second-order valence-corrected chi connectivity index (χ2v) is 5.43. The molecular weight excluding hydrogens is 332 g/mol. The van der Waals surface area contributed by atoms with Crippen molar-refractivity contribution in [3.8, 4) is 0 Å². The van der Waals surface area contributed by atoms with Gasteiger partial charge in [-0.2, -0.15) is 0 Å². The van der Waals surface area contributed by atoms with E-state index in [1.165, 1.54) is 6.33 Å². The van der Waals surface area contributed by atoms with Crippen molar-refractivity contribution in [1.82, 2.24) is 14.5 Å². The van der Waals surface area contributed by atoms with E-state index in [-0.39, 0.29) is 6.61 Å². The number of anilines is 1. The fourth-order valence-electron chi connectivity index (χ4n) is 2.37. The van der Waals surface area contributed by atoms with Crippen LogP contribution in [0.15, 0.2) is 17.0 Å². The van der Waals surface area contributed by atoms with E-state index in [2.05, 4.69) is 25.9 Å². The summed E-state index contributed by atoms with van der Waals surface area (Å²) in [5.74, 6) is 0.298. The van der Waals surface area contributed by atoms with Gasteiger partial charge in [0.15, 0.2) is 6.23 Å². The van der Waals surface area contributed by atoms with Crippen LogP contribution in [0.4, 0.5) is 5.82 Å². The van der Waals surface area contributed by atoms with Gasteiger partial charge in [-0.1, -0.05) is 0 Å². The van der Waals surface area contributed by atoms with Crippen molar-refractivity contribution in [3.05, 3.63) is 17.0 Å². The van der Waals surface area contributed by atoms with Gasteiger partial charge in [-0.25, -0.2) is 9.97 Å². The summed E-state index contributed by atoms with van der Waals surface area (Å²) in [6, 6.07) is 0. The zero-order chi connectivity index (χ0) is 14.4. The number of nitrogens with zero attached hydrogens (tertiary/aromatic N) is 3. The van der Waals surface area contributed by atoms with Crippen LogP contribution in [-0.4, -0.2) is 54.8 Å². The molecule has 0 unspecified atom stereocenters. The Morgan fingerprint density at radius 1 is 1.35 bits per heavy atom. The van der Waals surface area contributed by atoms with Gasteiger partial charge >= 0.3 is 0 Å². The fourth-order valence-corrected chi connectivity index (χ4v) is 2.97. The first-order chi connectivity index (χ1) is 9.54. The van der Waals surface area contributed by atoms with Crippen molar-refractivity contribution >= 4 is 32.8 Å². The Balaban J connectivity index is 2.10. The number of fused-ring (bicyclic) bond motifs is 1. The molecule has 0 radical (unpaired) electrons. The van der Waals surface area contributed by atoms with Gasteiger partial charge in [0, 0.05) is 10.7 Å². The number of hydrogen-bond acceptors (Lipinski definition) is 7. The SMILES string of the molecule is Nc1ncnc2c1c(Br)cn2[C@@H]1O[C@@H](CO)[C@@H](O)[C@H]1O. The molecule has 0 bridgehead atoms. The van der Waals surface area contributed by atoms with Gasteiger partial charge in [-0.3, -0.25) is 0 Å². The molecule has 1 saturated heterocycles. The van der Waals surface area contributed by atoms with Crippen LogP contribution >= 0.6 is 15.9 Å². The lowest BCUT2D eigenvalue weighted by Gasteiger charge is -2.17. The molecule has 9 heteroatoms. The van der Waals surface area contributed by atoms with E-state index in [1.54, 1.807) is 10.8 Å². The fraction of sp³-hybridized carbons (Fsp3) is 0.455. The zero-order valence-electron chi connectivity index (χ0n) is 10.2. The number of aromatic nitrogens is 3. The van der Waals surface area contributed by atoms with Gasteiger partial charge in [-0.15, -0.1) is 0 Å². The van der Waals surface area contributed by atoms with Crippen LogP contribution in [0.3, 0.4) is 0 Å². The second kappa shape index (κ2) is 4.93. The minimum atomic E-state index is -1.18. The number of aliphatic hydroxyl groups is 3. The highest BCUT2D eigenvalue weighted by molar-refractivity contribution is 9.10. The van der Waals surface area contributed by atoms with E-state index >= 15 is 0 Å². The van der Waals surface area contributed by atoms with Crippen molar-refractivity contribution in [3.63, 3.8) is 0 Å². The van der Waals surface area contributed by atoms with Crippen molar-refractivity contribution in [2.45, 2.75) is 24.5 Å². The Morgan fingerprint density at radius 2 is 2.10 bits per heavy atom. The highest BCUT2D eigenvalue weighted by Crippen LogP contribution is 2.36. The van der Waals surface area contributed by atoms with Gasteiger partial charge in [-0.05, 0) is 15.9 Å². The summed E-state index contributed by atoms with van der Waals surface area (Å²) in [5.41, 5.74) is 6.27. The number of rotatable bonds is 2. The second-order valence-electron chi connectivity index (χ2n) is 4.57. The Labute approximate surface area is 121 Å². The van der Waals surface area contributed by atoms with E-state index < -0.39 is 24.5 Å². The van der Waals surface area contributed by atoms with E-state index in [1.807, 2.05) is 0 Å². The normalized spacial score (nSPS) is 30.2. The number of hydrogen-bond donors (Lipinski definition) is 4. The van der Waals surface area contributed by atoms with Crippen molar-refractivity contribution in [1.29, 1.82) is 0 Å². The minimum absolute atomic E-state index is 0.298. The lowest BCUT2D eigenvalue weighted by molar-refractivity contribution is -0.0509. The molecule has 108 valence electrons. The maximum Gasteiger partial charge on any atom is 0.164 e. The van der Waals surface area contributed by atoms with E-state index in [0.29, 0.717) is 21.3 Å². The number of nitrogens with two attached hydrogens (primary N) is 1. The standard InChI is InChI=1S/C11H13BrN4O4/c12-4-1-16(10-6(4)9(13)14-3-15-10)11-8(19)7(18)5(2-17)20-11/h1,3,5,7-8,11,17-19H,2H2,(H2,13,14,15)/t5-,7+,8+,11+/m0/s1. The maximum absolute atomic E-state index is 10.1. The van der Waals surface area contributed by atoms with Crippen molar-refractivity contribution in [2.24, 2.45) is 0 Å². The Kier molecular flexibility index (Phi) is 3.38. The predicted octanol–water partition coefficient (Wildman–Crippen LogP) is -0.613. The van der Waals surface area contributed by atoms with E-state index in [4.69, 9.17) is 15.6 Å². The number of ether oxygens (including phenoxy) is 1. The average molecular weight is 345 g/mol. The highest BCUT2D eigenvalue weighted by Gasteiger charge is 2.44. The van der Waals surface area contributed by atoms with E-state index in [0.717, 1.165) is 0 Å². The molecule has 1 aliphatic heterocycles. The molecular formula is C11H13BrN4O4. The average Bonchev–Trinajstić information content (AvgIpc) is 2.90. The topological polar surface area (TPSA) is 127 Å². The Bertz CT molecular complexity index is 649. The molecule has 3 heterocycles. The van der Waals surface area contributed by atoms with Crippen LogP contribution < -0.4 is 5.73 Å². The molecule has 4 atom stereocenters. The van der Waals surface area contributed by atoms with Crippen molar-refractivity contribution < 1.29 is 20.1 Å². The molecule has 5 N–H and O–H groups in total. The smallest absolute Gasteiger partial charge is 0.164 e. The lowest BCUT2D eigenvalue weighted by atomic mass is 10.1. The number of nitrogen functional groups attached to an aromatic ring is 1. The number of aliphatic hydroxyl groups excluding tert-OH is 3. The molecule has 2 aromatic rings. The molecule has 0 aliphatic carbocycles. The Hall–Kier alpha value is -1.26. The van der Waals surface area contributed by atoms with Gasteiger partial charge in [0.25, 0.3) is 0 Å². The van der Waals surface area contributed by atoms with Gasteiger partial charge in [0.1, 0.15) is 36.1 Å². The first-order valence-corrected chi connectivity index (χ1v) is 6.73. The molecule has 0 aromatic carbocycles. The third-order valence-electron chi connectivity index (χ3n) is 3.38. The van der Waals surface area contributed by atoms with Crippen molar-refractivity contribution in [2.75, 3.05) is 12.3 Å². The largest absolute Gasteiger partial charge is 0.394 e. The van der Waals surface area contributed by atoms with Crippen LogP contribution in [0.2, 0.25) is 0 Å². The zero-order valence-corrected chi connectivity index (χ0v) is 11.8. The maximum atomic E-state index is 10.1. The first kappa shape index (κ1) is 13.7. The van der Waals surface area contributed by atoms with Gasteiger partial charge < -0.3 is 30.4 Å². The highest BCUT2D eigenvalue weighted by atomic mass is 79.9. The molecule has 20 heavy (non-hydrogen) atoms. The summed E-state index contributed by atoms with van der Waals surface area (Å²) in [7, 11) is 0. The third kappa shape index (κ3) is 1.90. The molecule has 0 spiro atoms. The first-order valence-electron chi connectivity index (χ1n) is 5.93. The van der Waals surface area contributed by atoms with Crippen LogP contribution in [0, 0.1) is 0 Å². The Morgan fingerprint density at radius 3 is 2.75 bits per heavy atom. The molecule has 0 amide bonds. The summed E-state index contributed by atoms with van der Waals surface area (Å²) >= 11 is 3.35. The summed E-state index contributed by atoms with van der Waals surface area (Å²) in [5, 5.41) is 29.6. The minimum Gasteiger partial charge on any atom is -0.394 e. The molecule has 3 rings (SSSR count). The summed E-state index contributed by atoms with van der Waals surface area (Å²) in [6.07, 6.45) is -1.08. The molecule has 1 fully saturated rings.